The van der Waals surface area contributed by atoms with Crippen LogP contribution in [0.1, 0.15) is 57.2 Å². The lowest BCUT2D eigenvalue weighted by molar-refractivity contribution is -0.147. The normalized spacial score (nSPS) is 10.4. The lowest BCUT2D eigenvalue weighted by Crippen LogP contribution is -2.18. The summed E-state index contributed by atoms with van der Waals surface area (Å²) in [5, 5.41) is 14.8. The quantitative estimate of drug-likeness (QED) is 0.225. The highest BCUT2D eigenvalue weighted by Crippen LogP contribution is 2.29. The number of amides is 2. The van der Waals surface area contributed by atoms with Crippen LogP contribution in [0.3, 0.4) is 0 Å². The predicted octanol–water partition coefficient (Wildman–Crippen LogP) is 6.31. The Labute approximate surface area is 238 Å². The van der Waals surface area contributed by atoms with E-state index in [-0.39, 0.29) is 36.1 Å². The monoisotopic (exact) mass is 547 g/mol. The smallest absolute Gasteiger partial charge is 0.344 e. The molecule has 0 radical (unpaired) electrons. The van der Waals surface area contributed by atoms with Crippen LogP contribution in [-0.2, 0) is 16.1 Å². The molecule has 8 heteroatoms. The van der Waals surface area contributed by atoms with Crippen molar-refractivity contribution in [3.63, 3.8) is 0 Å². The number of carbonyl (C=O) groups is 3. The van der Waals surface area contributed by atoms with Crippen LogP contribution in [0, 0.1) is 11.3 Å². The van der Waals surface area contributed by atoms with Gasteiger partial charge in [-0.05, 0) is 59.5 Å². The van der Waals surface area contributed by atoms with E-state index >= 15 is 0 Å². The zero-order valence-electron chi connectivity index (χ0n) is 22.7. The topological polar surface area (TPSA) is 118 Å². The zero-order chi connectivity index (χ0) is 29.2. The molecule has 0 fully saturated rings. The molecule has 206 valence electrons. The Bertz CT molecular complexity index is 1570. The molecule has 0 aliphatic carbocycles. The molecular weight excluding hydrogens is 518 g/mol. The SMILES string of the molecule is CC(C)c1ccc(C(=O)Nc2cc(OCC(=O)OCc3ccccc3)ccc2NC(=O)c2cccc(C#N)c2)cc1. The van der Waals surface area contributed by atoms with Gasteiger partial charge >= 0.3 is 5.97 Å². The van der Waals surface area contributed by atoms with Gasteiger partial charge in [-0.15, -0.1) is 0 Å². The molecule has 0 aliphatic heterocycles. The van der Waals surface area contributed by atoms with E-state index in [9.17, 15) is 14.4 Å². The number of hydrogen-bond acceptors (Lipinski definition) is 6. The number of nitriles is 1. The maximum atomic E-state index is 13.1. The minimum atomic E-state index is -0.556. The van der Waals surface area contributed by atoms with Crippen molar-refractivity contribution < 1.29 is 23.9 Å². The van der Waals surface area contributed by atoms with Gasteiger partial charge in [0, 0.05) is 17.2 Å². The number of hydrogen-bond donors (Lipinski definition) is 2. The second-order valence-electron chi connectivity index (χ2n) is 9.52. The van der Waals surface area contributed by atoms with Gasteiger partial charge < -0.3 is 20.1 Å². The molecule has 4 aromatic carbocycles. The number of nitrogens with zero attached hydrogens (tertiary/aromatic N) is 1. The van der Waals surface area contributed by atoms with Crippen molar-refractivity contribution in [2.45, 2.75) is 26.4 Å². The summed E-state index contributed by atoms with van der Waals surface area (Å²) in [6, 6.07) is 29.5. The van der Waals surface area contributed by atoms with Crippen LogP contribution in [0.15, 0.2) is 97.1 Å². The first-order valence-electron chi connectivity index (χ1n) is 13.0. The lowest BCUT2D eigenvalue weighted by atomic mass is 10.0. The van der Waals surface area contributed by atoms with Crippen LogP contribution in [0.25, 0.3) is 0 Å². The van der Waals surface area contributed by atoms with E-state index < -0.39 is 11.9 Å². The largest absolute Gasteiger partial charge is 0.482 e. The second kappa shape index (κ2) is 13.6. The Hall–Kier alpha value is -5.42. The van der Waals surface area contributed by atoms with Gasteiger partial charge in [-0.2, -0.15) is 5.26 Å². The number of anilines is 2. The minimum absolute atomic E-state index is 0.123. The molecule has 0 atom stereocenters. The van der Waals surface area contributed by atoms with Gasteiger partial charge in [0.1, 0.15) is 12.4 Å². The molecule has 8 nitrogen and oxygen atoms in total. The molecule has 0 heterocycles. The predicted molar refractivity (Wildman–Crippen MR) is 156 cm³/mol. The number of ether oxygens (including phenoxy) is 2. The average molecular weight is 548 g/mol. The summed E-state index contributed by atoms with van der Waals surface area (Å²) in [4.78, 5) is 38.3. The summed E-state index contributed by atoms with van der Waals surface area (Å²) < 4.78 is 10.9. The van der Waals surface area contributed by atoms with Gasteiger partial charge in [-0.25, -0.2) is 4.79 Å². The molecule has 0 saturated carbocycles. The zero-order valence-corrected chi connectivity index (χ0v) is 22.7. The van der Waals surface area contributed by atoms with E-state index in [1.165, 1.54) is 12.1 Å². The number of carbonyl (C=O) groups excluding carboxylic acids is 3. The van der Waals surface area contributed by atoms with Crippen LogP contribution < -0.4 is 15.4 Å². The summed E-state index contributed by atoms with van der Waals surface area (Å²) >= 11 is 0. The fraction of sp³-hybridized carbons (Fsp3) is 0.152. The first-order chi connectivity index (χ1) is 19.8. The van der Waals surface area contributed by atoms with Crippen LogP contribution in [-0.4, -0.2) is 24.4 Å². The Kier molecular flexibility index (Phi) is 9.47. The van der Waals surface area contributed by atoms with Crippen molar-refractivity contribution >= 4 is 29.2 Å². The van der Waals surface area contributed by atoms with Crippen LogP contribution in [0.4, 0.5) is 11.4 Å². The Morgan fingerprint density at radius 2 is 1.49 bits per heavy atom. The van der Waals surface area contributed by atoms with Crippen molar-refractivity contribution in [2.75, 3.05) is 17.2 Å². The van der Waals surface area contributed by atoms with E-state index in [4.69, 9.17) is 14.7 Å². The van der Waals surface area contributed by atoms with E-state index in [0.29, 0.717) is 22.7 Å². The van der Waals surface area contributed by atoms with Crippen LogP contribution in [0.2, 0.25) is 0 Å². The third-order valence-electron chi connectivity index (χ3n) is 6.18. The van der Waals surface area contributed by atoms with Gasteiger partial charge in [-0.1, -0.05) is 62.4 Å². The number of benzene rings is 4. The van der Waals surface area contributed by atoms with Gasteiger partial charge in [0.05, 0.1) is 23.0 Å². The third-order valence-corrected chi connectivity index (χ3v) is 6.18. The van der Waals surface area contributed by atoms with E-state index in [2.05, 4.69) is 24.5 Å². The van der Waals surface area contributed by atoms with Gasteiger partial charge in [0.15, 0.2) is 6.61 Å². The van der Waals surface area contributed by atoms with Crippen molar-refractivity contribution in [3.05, 3.63) is 125 Å². The maximum absolute atomic E-state index is 13.1. The summed E-state index contributed by atoms with van der Waals surface area (Å²) in [5.41, 5.74) is 3.60. The Balaban J connectivity index is 1.51. The highest BCUT2D eigenvalue weighted by molar-refractivity contribution is 6.10. The summed E-state index contributed by atoms with van der Waals surface area (Å²) in [6.07, 6.45) is 0. The molecule has 4 aromatic rings. The maximum Gasteiger partial charge on any atom is 0.344 e. The first kappa shape index (κ1) is 28.6. The molecule has 0 saturated heterocycles. The average Bonchev–Trinajstić information content (AvgIpc) is 3.00. The van der Waals surface area contributed by atoms with E-state index in [0.717, 1.165) is 11.1 Å². The number of nitrogens with one attached hydrogen (secondary N) is 2. The van der Waals surface area contributed by atoms with Crippen LogP contribution >= 0.6 is 0 Å². The lowest BCUT2D eigenvalue weighted by Gasteiger charge is -2.15. The molecule has 2 N–H and O–H groups in total. The highest BCUT2D eigenvalue weighted by atomic mass is 16.6. The van der Waals surface area contributed by atoms with Gasteiger partial charge in [0.2, 0.25) is 0 Å². The second-order valence-corrected chi connectivity index (χ2v) is 9.52. The Morgan fingerprint density at radius 1 is 0.780 bits per heavy atom. The fourth-order valence-corrected chi connectivity index (χ4v) is 3.89. The van der Waals surface area contributed by atoms with Crippen LogP contribution in [0.5, 0.6) is 5.75 Å². The van der Waals surface area contributed by atoms with Crippen molar-refractivity contribution in [1.82, 2.24) is 0 Å². The van der Waals surface area contributed by atoms with E-state index in [1.807, 2.05) is 48.5 Å². The molecular formula is C33H29N3O5. The number of rotatable bonds is 10. The van der Waals surface area contributed by atoms with E-state index in [1.54, 1.807) is 42.5 Å². The molecule has 2 amide bonds. The molecule has 41 heavy (non-hydrogen) atoms. The number of esters is 1. The summed E-state index contributed by atoms with van der Waals surface area (Å²) in [5.74, 6) is -0.795. The standard InChI is InChI=1S/C33H29N3O5/c1-22(2)25-11-13-26(14-12-25)32(38)36-30-18-28(40-21-31(37)41-20-23-7-4-3-5-8-23)15-16-29(30)35-33(39)27-10-6-9-24(17-27)19-34/h3-18,22H,20-21H2,1-2H3,(H,35,39)(H,36,38). The first-order valence-corrected chi connectivity index (χ1v) is 13.0. The molecule has 0 bridgehead atoms. The Morgan fingerprint density at radius 3 is 2.20 bits per heavy atom. The van der Waals surface area contributed by atoms with Crippen molar-refractivity contribution in [3.8, 4) is 11.8 Å². The third kappa shape index (κ3) is 8.04. The highest BCUT2D eigenvalue weighted by Gasteiger charge is 2.15. The van der Waals surface area contributed by atoms with Gasteiger partial charge in [0.25, 0.3) is 11.8 Å². The summed E-state index contributed by atoms with van der Waals surface area (Å²) in [6.45, 7) is 3.92. The van der Waals surface area contributed by atoms with Gasteiger partial charge in [-0.3, -0.25) is 9.59 Å². The molecule has 0 spiro atoms. The molecule has 4 rings (SSSR count). The minimum Gasteiger partial charge on any atom is -0.482 e. The summed E-state index contributed by atoms with van der Waals surface area (Å²) in [7, 11) is 0. The fourth-order valence-electron chi connectivity index (χ4n) is 3.89. The van der Waals surface area contributed by atoms with Crippen molar-refractivity contribution in [1.29, 1.82) is 5.26 Å². The molecule has 0 aromatic heterocycles. The molecule has 0 unspecified atom stereocenters. The van der Waals surface area contributed by atoms with Crippen molar-refractivity contribution in [2.24, 2.45) is 0 Å². The molecule has 0 aliphatic rings.